The Balaban J connectivity index is 1.51. The first-order valence-corrected chi connectivity index (χ1v) is 10.1. The number of hydrogen-bond acceptors (Lipinski definition) is 4. The van der Waals surface area contributed by atoms with Crippen LogP contribution in [0.15, 0.2) is 72.1 Å². The number of fused-ring (bicyclic) bond motifs is 1. The molecule has 5 heteroatoms. The highest BCUT2D eigenvalue weighted by Gasteiger charge is 2.12. The van der Waals surface area contributed by atoms with E-state index in [1.807, 2.05) is 72.1 Å². The molecular formula is C23H20N2O2S. The Bertz CT molecular complexity index is 1100. The number of rotatable bonds is 6. The van der Waals surface area contributed by atoms with E-state index in [1.165, 1.54) is 11.3 Å². The summed E-state index contributed by atoms with van der Waals surface area (Å²) in [4.78, 5) is 17.3. The Morgan fingerprint density at radius 3 is 2.64 bits per heavy atom. The predicted octanol–water partition coefficient (Wildman–Crippen LogP) is 6.00. The highest BCUT2D eigenvalue weighted by Crippen LogP contribution is 2.27. The molecule has 4 aromatic rings. The maximum Gasteiger partial charge on any atom is 0.258 e. The van der Waals surface area contributed by atoms with Crippen molar-refractivity contribution in [2.24, 2.45) is 0 Å². The number of thiazole rings is 1. The quantitative estimate of drug-likeness (QED) is 0.440. The van der Waals surface area contributed by atoms with Crippen LogP contribution in [0.3, 0.4) is 0 Å². The van der Waals surface area contributed by atoms with Crippen molar-refractivity contribution < 1.29 is 9.53 Å². The Hall–Kier alpha value is -3.18. The van der Waals surface area contributed by atoms with Gasteiger partial charge in [-0.25, -0.2) is 4.98 Å². The molecule has 28 heavy (non-hydrogen) atoms. The molecule has 0 fully saturated rings. The summed E-state index contributed by atoms with van der Waals surface area (Å²) in [5.74, 6) is 0.700. The summed E-state index contributed by atoms with van der Waals surface area (Å²) < 4.78 is 5.61. The zero-order valence-electron chi connectivity index (χ0n) is 15.5. The number of aromatic nitrogens is 1. The van der Waals surface area contributed by atoms with Crippen LogP contribution in [0.5, 0.6) is 5.75 Å². The van der Waals surface area contributed by atoms with E-state index in [2.05, 4.69) is 17.2 Å². The van der Waals surface area contributed by atoms with Crippen molar-refractivity contribution in [1.82, 2.24) is 4.98 Å². The third kappa shape index (κ3) is 3.89. The zero-order chi connectivity index (χ0) is 19.3. The number of ether oxygens (including phenoxy) is 1. The summed E-state index contributed by atoms with van der Waals surface area (Å²) in [6.45, 7) is 2.79. The fourth-order valence-electron chi connectivity index (χ4n) is 2.99. The number of nitrogens with zero attached hydrogens (tertiary/aromatic N) is 1. The first kappa shape index (κ1) is 18.2. The van der Waals surface area contributed by atoms with Crippen molar-refractivity contribution in [3.05, 3.63) is 77.7 Å². The fraction of sp³-hybridized carbons (Fsp3) is 0.130. The number of carbonyl (C=O) groups excluding carboxylic acids is 1. The maximum absolute atomic E-state index is 12.8. The monoisotopic (exact) mass is 388 g/mol. The Labute approximate surface area is 167 Å². The molecule has 0 aliphatic carbocycles. The van der Waals surface area contributed by atoms with Gasteiger partial charge in [-0.2, -0.15) is 0 Å². The van der Waals surface area contributed by atoms with E-state index in [0.29, 0.717) is 17.3 Å². The highest BCUT2D eigenvalue weighted by molar-refractivity contribution is 7.14. The largest absolute Gasteiger partial charge is 0.494 e. The van der Waals surface area contributed by atoms with Gasteiger partial charge >= 0.3 is 0 Å². The van der Waals surface area contributed by atoms with Crippen LogP contribution in [0.2, 0.25) is 0 Å². The smallest absolute Gasteiger partial charge is 0.258 e. The lowest BCUT2D eigenvalue weighted by atomic mass is 10.0. The second-order valence-electron chi connectivity index (χ2n) is 6.39. The third-order valence-electron chi connectivity index (χ3n) is 4.38. The van der Waals surface area contributed by atoms with E-state index in [-0.39, 0.29) is 5.91 Å². The summed E-state index contributed by atoms with van der Waals surface area (Å²) >= 11 is 1.42. The molecule has 0 spiro atoms. The van der Waals surface area contributed by atoms with E-state index < -0.39 is 0 Å². The lowest BCUT2D eigenvalue weighted by Gasteiger charge is -2.06. The fourth-order valence-corrected chi connectivity index (χ4v) is 3.71. The molecule has 140 valence electrons. The molecule has 1 heterocycles. The molecular weight excluding hydrogens is 368 g/mol. The molecule has 0 saturated carbocycles. The van der Waals surface area contributed by atoms with E-state index in [0.717, 1.165) is 34.2 Å². The Morgan fingerprint density at radius 1 is 1.04 bits per heavy atom. The molecule has 0 saturated heterocycles. The number of amides is 1. The summed E-state index contributed by atoms with van der Waals surface area (Å²) in [6, 6.07) is 21.4. The summed E-state index contributed by atoms with van der Waals surface area (Å²) in [5, 5.41) is 7.43. The lowest BCUT2D eigenvalue weighted by Crippen LogP contribution is -2.12. The van der Waals surface area contributed by atoms with Crippen LogP contribution in [0, 0.1) is 0 Å². The van der Waals surface area contributed by atoms with E-state index in [4.69, 9.17) is 4.74 Å². The van der Waals surface area contributed by atoms with Gasteiger partial charge in [0, 0.05) is 16.5 Å². The van der Waals surface area contributed by atoms with Gasteiger partial charge in [0.15, 0.2) is 5.13 Å². The summed E-state index contributed by atoms with van der Waals surface area (Å²) in [7, 11) is 0. The second-order valence-corrected chi connectivity index (χ2v) is 7.25. The zero-order valence-corrected chi connectivity index (χ0v) is 16.3. The molecule has 1 amide bonds. The van der Waals surface area contributed by atoms with Gasteiger partial charge in [-0.05, 0) is 47.5 Å². The summed E-state index contributed by atoms with van der Waals surface area (Å²) in [5.41, 5.74) is 2.47. The van der Waals surface area contributed by atoms with Crippen molar-refractivity contribution in [3.8, 4) is 17.0 Å². The van der Waals surface area contributed by atoms with Gasteiger partial charge in [-0.3, -0.25) is 10.1 Å². The standard InChI is InChI=1S/C23H20N2O2S/c1-2-14-27-18-12-10-17(11-13-18)21-15-28-23(24-21)25-22(26)20-9-5-7-16-6-3-4-8-19(16)20/h3-13,15H,2,14H2,1H3,(H,24,25,26). The van der Waals surface area contributed by atoms with Crippen LogP contribution in [0.1, 0.15) is 23.7 Å². The van der Waals surface area contributed by atoms with Gasteiger partial charge in [0.2, 0.25) is 0 Å². The van der Waals surface area contributed by atoms with Gasteiger partial charge in [0.25, 0.3) is 5.91 Å². The maximum atomic E-state index is 12.8. The van der Waals surface area contributed by atoms with E-state index >= 15 is 0 Å². The Kier molecular flexibility index (Phi) is 5.35. The second kappa shape index (κ2) is 8.23. The Morgan fingerprint density at radius 2 is 1.82 bits per heavy atom. The molecule has 0 aliphatic rings. The van der Waals surface area contributed by atoms with Crippen molar-refractivity contribution >= 4 is 33.1 Å². The molecule has 0 bridgehead atoms. The first-order valence-electron chi connectivity index (χ1n) is 9.22. The van der Waals surface area contributed by atoms with Gasteiger partial charge in [-0.15, -0.1) is 11.3 Å². The van der Waals surface area contributed by atoms with Crippen LogP contribution in [-0.2, 0) is 0 Å². The van der Waals surface area contributed by atoms with Gasteiger partial charge in [0.05, 0.1) is 12.3 Å². The van der Waals surface area contributed by atoms with Crippen LogP contribution in [0.4, 0.5) is 5.13 Å². The van der Waals surface area contributed by atoms with Crippen LogP contribution in [-0.4, -0.2) is 17.5 Å². The molecule has 0 radical (unpaired) electrons. The number of nitrogens with one attached hydrogen (secondary N) is 1. The molecule has 0 atom stereocenters. The van der Waals surface area contributed by atoms with Crippen molar-refractivity contribution in [3.63, 3.8) is 0 Å². The van der Waals surface area contributed by atoms with E-state index in [9.17, 15) is 4.79 Å². The first-order chi connectivity index (χ1) is 13.7. The molecule has 4 nitrogen and oxygen atoms in total. The van der Waals surface area contributed by atoms with Crippen molar-refractivity contribution in [2.45, 2.75) is 13.3 Å². The molecule has 1 aromatic heterocycles. The number of anilines is 1. The molecule has 3 aromatic carbocycles. The topological polar surface area (TPSA) is 51.2 Å². The molecule has 0 aliphatic heterocycles. The highest BCUT2D eigenvalue weighted by atomic mass is 32.1. The summed E-state index contributed by atoms with van der Waals surface area (Å²) in [6.07, 6.45) is 0.980. The van der Waals surface area contributed by atoms with Gasteiger partial charge in [0.1, 0.15) is 5.75 Å². The average molecular weight is 388 g/mol. The normalized spacial score (nSPS) is 10.8. The minimum absolute atomic E-state index is 0.152. The minimum atomic E-state index is -0.152. The van der Waals surface area contributed by atoms with Gasteiger partial charge < -0.3 is 4.74 Å². The average Bonchev–Trinajstić information content (AvgIpc) is 3.20. The number of benzene rings is 3. The van der Waals surface area contributed by atoms with Crippen LogP contribution in [0.25, 0.3) is 22.0 Å². The van der Waals surface area contributed by atoms with Gasteiger partial charge in [-0.1, -0.05) is 43.3 Å². The molecule has 1 N–H and O–H groups in total. The van der Waals surface area contributed by atoms with E-state index in [1.54, 1.807) is 0 Å². The number of carbonyl (C=O) groups is 1. The van der Waals surface area contributed by atoms with Crippen LogP contribution >= 0.6 is 11.3 Å². The lowest BCUT2D eigenvalue weighted by molar-refractivity contribution is 0.102. The molecule has 4 rings (SSSR count). The molecule has 0 unspecified atom stereocenters. The van der Waals surface area contributed by atoms with Crippen molar-refractivity contribution in [1.29, 1.82) is 0 Å². The third-order valence-corrected chi connectivity index (χ3v) is 5.14. The predicted molar refractivity (Wildman–Crippen MR) is 115 cm³/mol. The SMILES string of the molecule is CCCOc1ccc(-c2csc(NC(=O)c3cccc4ccccc34)n2)cc1. The minimum Gasteiger partial charge on any atom is -0.494 e. The van der Waals surface area contributed by atoms with Crippen molar-refractivity contribution in [2.75, 3.05) is 11.9 Å². The van der Waals surface area contributed by atoms with Crippen LogP contribution < -0.4 is 10.1 Å². The number of hydrogen-bond donors (Lipinski definition) is 1.